The normalized spacial score (nSPS) is 38.9. The van der Waals surface area contributed by atoms with E-state index in [4.69, 9.17) is 0 Å². The topological polar surface area (TPSA) is 42.7 Å². The minimum Gasteiger partial charge on any atom is -0.316 e. The summed E-state index contributed by atoms with van der Waals surface area (Å²) in [7, 11) is 2.15. The second-order valence-electron chi connectivity index (χ2n) is 7.82. The standard InChI is InChI=1S/C17H28N4/c1-3-21-16(19-11-20-21)7-15(18-2)17-8-12-4-13(9-17)6-14(5-12)10-17/h11-15,18H,3-10H2,1-2H3. The van der Waals surface area contributed by atoms with Crippen LogP contribution in [0.2, 0.25) is 0 Å². The zero-order valence-electron chi connectivity index (χ0n) is 13.4. The molecule has 0 radical (unpaired) electrons. The smallest absolute Gasteiger partial charge is 0.138 e. The zero-order chi connectivity index (χ0) is 14.4. The van der Waals surface area contributed by atoms with Gasteiger partial charge in [-0.25, -0.2) is 4.98 Å². The van der Waals surface area contributed by atoms with Crippen LogP contribution in [-0.2, 0) is 13.0 Å². The van der Waals surface area contributed by atoms with Crippen LogP contribution in [0, 0.1) is 23.2 Å². The van der Waals surface area contributed by atoms with Gasteiger partial charge in [-0.2, -0.15) is 5.10 Å². The molecule has 0 spiro atoms. The Bertz CT molecular complexity index is 471. The lowest BCUT2D eigenvalue weighted by Gasteiger charge is -2.59. The fraction of sp³-hybridized carbons (Fsp3) is 0.882. The lowest BCUT2D eigenvalue weighted by atomic mass is 9.47. The van der Waals surface area contributed by atoms with Gasteiger partial charge in [0.2, 0.25) is 0 Å². The van der Waals surface area contributed by atoms with Gasteiger partial charge in [-0.3, -0.25) is 4.68 Å². The molecule has 4 heteroatoms. The number of rotatable bonds is 5. The van der Waals surface area contributed by atoms with Gasteiger partial charge in [0.25, 0.3) is 0 Å². The van der Waals surface area contributed by atoms with Crippen LogP contribution in [0.25, 0.3) is 0 Å². The maximum Gasteiger partial charge on any atom is 0.138 e. The summed E-state index contributed by atoms with van der Waals surface area (Å²) in [5.41, 5.74) is 0.536. The summed E-state index contributed by atoms with van der Waals surface area (Å²) in [6, 6.07) is 0.570. The number of nitrogens with one attached hydrogen (secondary N) is 1. The van der Waals surface area contributed by atoms with Gasteiger partial charge in [0.1, 0.15) is 12.2 Å². The molecule has 4 aliphatic carbocycles. The molecule has 4 bridgehead atoms. The molecule has 0 aliphatic heterocycles. The van der Waals surface area contributed by atoms with Crippen LogP contribution >= 0.6 is 0 Å². The zero-order valence-corrected chi connectivity index (χ0v) is 13.4. The molecule has 4 fully saturated rings. The Balaban J connectivity index is 1.58. The Hall–Kier alpha value is -0.900. The van der Waals surface area contributed by atoms with Crippen LogP contribution < -0.4 is 5.32 Å². The summed E-state index contributed by atoms with van der Waals surface area (Å²) in [4.78, 5) is 4.51. The van der Waals surface area contributed by atoms with E-state index in [1.807, 2.05) is 0 Å². The van der Waals surface area contributed by atoms with Crippen molar-refractivity contribution in [3.63, 3.8) is 0 Å². The summed E-state index contributed by atoms with van der Waals surface area (Å²) < 4.78 is 2.06. The molecule has 1 heterocycles. The maximum atomic E-state index is 4.51. The molecule has 1 atom stereocenters. The van der Waals surface area contributed by atoms with Crippen molar-refractivity contribution in [2.45, 2.75) is 64.5 Å². The number of aromatic nitrogens is 3. The first-order valence-electron chi connectivity index (χ1n) is 8.76. The molecule has 5 rings (SSSR count). The Morgan fingerprint density at radius 1 is 1.24 bits per heavy atom. The summed E-state index contributed by atoms with van der Waals surface area (Å²) >= 11 is 0. The molecule has 0 saturated heterocycles. The molecular weight excluding hydrogens is 260 g/mol. The van der Waals surface area contributed by atoms with Gasteiger partial charge in [0.05, 0.1) is 0 Å². The van der Waals surface area contributed by atoms with Crippen LogP contribution in [-0.4, -0.2) is 27.9 Å². The van der Waals surface area contributed by atoms with Crippen LogP contribution in [0.5, 0.6) is 0 Å². The lowest BCUT2D eigenvalue weighted by Crippen LogP contribution is -2.56. The third-order valence-corrected chi connectivity index (χ3v) is 6.56. The molecule has 1 aromatic rings. The van der Waals surface area contributed by atoms with Crippen molar-refractivity contribution in [1.82, 2.24) is 20.1 Å². The van der Waals surface area contributed by atoms with Gasteiger partial charge in [-0.15, -0.1) is 0 Å². The summed E-state index contributed by atoms with van der Waals surface area (Å²) in [6.45, 7) is 3.07. The molecule has 4 nitrogen and oxygen atoms in total. The largest absolute Gasteiger partial charge is 0.316 e. The quantitative estimate of drug-likeness (QED) is 0.906. The summed E-state index contributed by atoms with van der Waals surface area (Å²) in [6.07, 6.45) is 11.6. The van der Waals surface area contributed by atoms with Crippen molar-refractivity contribution < 1.29 is 0 Å². The van der Waals surface area contributed by atoms with Crippen molar-refractivity contribution in [2.24, 2.45) is 23.2 Å². The molecule has 116 valence electrons. The predicted molar refractivity (Wildman–Crippen MR) is 82.9 cm³/mol. The monoisotopic (exact) mass is 288 g/mol. The third-order valence-electron chi connectivity index (χ3n) is 6.56. The molecule has 4 saturated carbocycles. The predicted octanol–water partition coefficient (Wildman–Crippen LogP) is 2.64. The highest BCUT2D eigenvalue weighted by Gasteiger charge is 2.53. The van der Waals surface area contributed by atoms with Crippen molar-refractivity contribution >= 4 is 0 Å². The van der Waals surface area contributed by atoms with Crippen LogP contribution in [0.3, 0.4) is 0 Å². The van der Waals surface area contributed by atoms with Gasteiger partial charge >= 0.3 is 0 Å². The van der Waals surface area contributed by atoms with E-state index >= 15 is 0 Å². The number of nitrogens with zero attached hydrogens (tertiary/aromatic N) is 3. The number of hydrogen-bond acceptors (Lipinski definition) is 3. The lowest BCUT2D eigenvalue weighted by molar-refractivity contribution is -0.0728. The first-order valence-corrected chi connectivity index (χ1v) is 8.76. The Labute approximate surface area is 127 Å². The van der Waals surface area contributed by atoms with E-state index in [9.17, 15) is 0 Å². The molecule has 1 unspecified atom stereocenters. The highest BCUT2D eigenvalue weighted by Crippen LogP contribution is 2.61. The van der Waals surface area contributed by atoms with Gasteiger partial charge in [-0.1, -0.05) is 0 Å². The van der Waals surface area contributed by atoms with Gasteiger partial charge in [0.15, 0.2) is 0 Å². The van der Waals surface area contributed by atoms with Crippen molar-refractivity contribution in [1.29, 1.82) is 0 Å². The summed E-state index contributed by atoms with van der Waals surface area (Å²) in [5, 5.41) is 8.01. The minimum atomic E-state index is 0.536. The van der Waals surface area contributed by atoms with E-state index in [1.165, 1.54) is 38.5 Å². The second kappa shape index (κ2) is 5.08. The maximum absolute atomic E-state index is 4.51. The van der Waals surface area contributed by atoms with Crippen LogP contribution in [0.1, 0.15) is 51.3 Å². The molecule has 21 heavy (non-hydrogen) atoms. The first kappa shape index (κ1) is 13.7. The molecular formula is C17H28N4. The fourth-order valence-electron chi connectivity index (χ4n) is 6.12. The van der Waals surface area contributed by atoms with Crippen molar-refractivity contribution in [2.75, 3.05) is 7.05 Å². The molecule has 1 N–H and O–H groups in total. The van der Waals surface area contributed by atoms with Crippen molar-refractivity contribution in [3.05, 3.63) is 12.2 Å². The Morgan fingerprint density at radius 3 is 2.38 bits per heavy atom. The molecule has 0 aromatic carbocycles. The van der Waals surface area contributed by atoms with E-state index in [0.717, 1.165) is 36.5 Å². The molecule has 0 amide bonds. The third kappa shape index (κ3) is 2.23. The molecule has 4 aliphatic rings. The Morgan fingerprint density at radius 2 is 1.86 bits per heavy atom. The second-order valence-corrected chi connectivity index (χ2v) is 7.82. The number of likely N-dealkylation sites (N-methyl/N-ethyl adjacent to an activating group) is 1. The highest BCUT2D eigenvalue weighted by molar-refractivity contribution is 5.08. The van der Waals surface area contributed by atoms with E-state index in [1.54, 1.807) is 6.33 Å². The minimum absolute atomic E-state index is 0.536. The molecule has 1 aromatic heterocycles. The SMILES string of the molecule is CCn1ncnc1CC(NC)C12CC3CC(CC(C3)C1)C2. The average molecular weight is 288 g/mol. The Kier molecular flexibility index (Phi) is 3.32. The van der Waals surface area contributed by atoms with Gasteiger partial charge < -0.3 is 5.32 Å². The van der Waals surface area contributed by atoms with Gasteiger partial charge in [0, 0.05) is 19.0 Å². The highest BCUT2D eigenvalue weighted by atomic mass is 15.3. The summed E-state index contributed by atoms with van der Waals surface area (Å²) in [5.74, 6) is 4.19. The van der Waals surface area contributed by atoms with Crippen LogP contribution in [0.4, 0.5) is 0 Å². The van der Waals surface area contributed by atoms with E-state index in [-0.39, 0.29) is 0 Å². The van der Waals surface area contributed by atoms with E-state index in [2.05, 4.69) is 34.1 Å². The number of hydrogen-bond donors (Lipinski definition) is 1. The van der Waals surface area contributed by atoms with Crippen LogP contribution in [0.15, 0.2) is 6.33 Å². The van der Waals surface area contributed by atoms with Crippen molar-refractivity contribution in [3.8, 4) is 0 Å². The van der Waals surface area contributed by atoms with E-state index < -0.39 is 0 Å². The van der Waals surface area contributed by atoms with Gasteiger partial charge in [-0.05, 0) is 75.7 Å². The number of aryl methyl sites for hydroxylation is 1. The average Bonchev–Trinajstić information content (AvgIpc) is 2.90. The fourth-order valence-corrected chi connectivity index (χ4v) is 6.12. The first-order chi connectivity index (χ1) is 10.2. The van der Waals surface area contributed by atoms with E-state index in [0.29, 0.717) is 11.5 Å².